The lowest BCUT2D eigenvalue weighted by Gasteiger charge is -2.33. The molecule has 1 aliphatic heterocycles. The Morgan fingerprint density at radius 2 is 2.15 bits per heavy atom. The first kappa shape index (κ1) is 17.7. The molecule has 1 saturated heterocycles. The predicted molar refractivity (Wildman–Crippen MR) is 106 cm³/mol. The van der Waals surface area contributed by atoms with E-state index in [1.807, 2.05) is 46.7 Å². The molecule has 7 heteroatoms. The summed E-state index contributed by atoms with van der Waals surface area (Å²) in [6.07, 6.45) is 1.67. The number of hydrogen-bond donors (Lipinski definition) is 1. The number of amides is 2. The van der Waals surface area contributed by atoms with Crippen molar-refractivity contribution in [2.75, 3.05) is 20.1 Å². The fraction of sp³-hybridized carbons (Fsp3) is 0.350. The number of imidazole rings is 1. The Morgan fingerprint density at radius 3 is 2.93 bits per heavy atom. The molecule has 1 aliphatic rings. The molecule has 0 bridgehead atoms. The minimum absolute atomic E-state index is 0.0300. The molecule has 1 N–H and O–H groups in total. The van der Waals surface area contributed by atoms with E-state index in [1.165, 1.54) is 11.3 Å². The highest BCUT2D eigenvalue weighted by Crippen LogP contribution is 2.22. The zero-order valence-electron chi connectivity index (χ0n) is 15.2. The van der Waals surface area contributed by atoms with E-state index < -0.39 is 0 Å². The average molecular weight is 382 g/mol. The van der Waals surface area contributed by atoms with Crippen LogP contribution >= 0.6 is 11.3 Å². The normalized spacial score (nSPS) is 17.2. The Kier molecular flexibility index (Phi) is 4.94. The van der Waals surface area contributed by atoms with Crippen molar-refractivity contribution in [3.05, 3.63) is 52.5 Å². The van der Waals surface area contributed by atoms with Crippen molar-refractivity contribution < 1.29 is 9.59 Å². The smallest absolute Gasteiger partial charge is 0.263 e. The molecule has 0 aliphatic carbocycles. The van der Waals surface area contributed by atoms with E-state index >= 15 is 0 Å². The lowest BCUT2D eigenvalue weighted by Crippen LogP contribution is -2.45. The molecule has 6 nitrogen and oxygen atoms in total. The molecular weight excluding hydrogens is 360 g/mol. The Morgan fingerprint density at radius 1 is 1.30 bits per heavy atom. The largest absolute Gasteiger partial charge is 0.340 e. The monoisotopic (exact) mass is 382 g/mol. The second-order valence-corrected chi connectivity index (χ2v) is 7.91. The minimum Gasteiger partial charge on any atom is -0.340 e. The van der Waals surface area contributed by atoms with Crippen molar-refractivity contribution >= 4 is 34.2 Å². The van der Waals surface area contributed by atoms with Gasteiger partial charge in [0.25, 0.3) is 5.91 Å². The number of aromatic nitrogens is 2. The highest BCUT2D eigenvalue weighted by atomic mass is 32.1. The van der Waals surface area contributed by atoms with Crippen molar-refractivity contribution in [3.63, 3.8) is 0 Å². The van der Waals surface area contributed by atoms with Gasteiger partial charge in [0.15, 0.2) is 0 Å². The Labute approximate surface area is 161 Å². The first-order valence-corrected chi connectivity index (χ1v) is 10.0. The maximum atomic E-state index is 12.9. The summed E-state index contributed by atoms with van der Waals surface area (Å²) in [7, 11) is 1.80. The molecule has 3 aromatic rings. The SMILES string of the molecule is CN(Cc1nc2ccccc2[nH]1)C(=O)C1CCCN(C(=O)c2cccs2)C1. The number of likely N-dealkylation sites (tertiary alicyclic amines) is 1. The number of hydrogen-bond acceptors (Lipinski definition) is 4. The Hall–Kier alpha value is -2.67. The number of carbonyl (C=O) groups excluding carboxylic acids is 2. The first-order valence-electron chi connectivity index (χ1n) is 9.13. The van der Waals surface area contributed by atoms with Crippen LogP contribution in [0.1, 0.15) is 28.3 Å². The van der Waals surface area contributed by atoms with Crippen LogP contribution in [0.25, 0.3) is 11.0 Å². The lowest BCUT2D eigenvalue weighted by atomic mass is 9.96. The first-order chi connectivity index (χ1) is 13.1. The van der Waals surface area contributed by atoms with Gasteiger partial charge < -0.3 is 14.8 Å². The highest BCUT2D eigenvalue weighted by molar-refractivity contribution is 7.12. The predicted octanol–water partition coefficient (Wildman–Crippen LogP) is 3.14. The number of piperidine rings is 1. The molecule has 0 radical (unpaired) electrons. The van der Waals surface area contributed by atoms with Crippen LogP contribution in [0.3, 0.4) is 0 Å². The standard InChI is InChI=1S/C20H22N4O2S/c1-23(13-18-21-15-7-2-3-8-16(15)22-18)19(25)14-6-4-10-24(12-14)20(26)17-9-5-11-27-17/h2-3,5,7-9,11,14H,4,6,10,12-13H2,1H3,(H,21,22). The van der Waals surface area contributed by atoms with Crippen molar-refractivity contribution in [2.45, 2.75) is 19.4 Å². The zero-order valence-corrected chi connectivity index (χ0v) is 16.0. The summed E-state index contributed by atoms with van der Waals surface area (Å²) in [5, 5.41) is 1.90. The van der Waals surface area contributed by atoms with E-state index in [0.29, 0.717) is 19.6 Å². The van der Waals surface area contributed by atoms with Crippen LogP contribution in [-0.2, 0) is 11.3 Å². The number of para-hydroxylation sites is 2. The van der Waals surface area contributed by atoms with E-state index in [4.69, 9.17) is 0 Å². The number of benzene rings is 1. The van der Waals surface area contributed by atoms with E-state index in [0.717, 1.165) is 34.6 Å². The van der Waals surface area contributed by atoms with Crippen LogP contribution in [0.15, 0.2) is 41.8 Å². The van der Waals surface area contributed by atoms with E-state index in [9.17, 15) is 9.59 Å². The van der Waals surface area contributed by atoms with Gasteiger partial charge in [0.1, 0.15) is 5.82 Å². The zero-order chi connectivity index (χ0) is 18.8. The van der Waals surface area contributed by atoms with E-state index in [1.54, 1.807) is 11.9 Å². The van der Waals surface area contributed by atoms with Gasteiger partial charge in [0.05, 0.1) is 28.4 Å². The fourth-order valence-electron chi connectivity index (χ4n) is 3.61. The molecule has 1 fully saturated rings. The number of thiophene rings is 1. The van der Waals surface area contributed by atoms with Gasteiger partial charge in [0, 0.05) is 20.1 Å². The van der Waals surface area contributed by atoms with Crippen LogP contribution in [-0.4, -0.2) is 51.7 Å². The molecule has 0 saturated carbocycles. The maximum Gasteiger partial charge on any atom is 0.263 e. The summed E-state index contributed by atoms with van der Waals surface area (Å²) >= 11 is 1.45. The number of aromatic amines is 1. The average Bonchev–Trinajstić information content (AvgIpc) is 3.36. The molecular formula is C20H22N4O2S. The third-order valence-corrected chi connectivity index (χ3v) is 5.85. The Bertz CT molecular complexity index is 917. The number of nitrogens with one attached hydrogen (secondary N) is 1. The number of carbonyl (C=O) groups is 2. The summed E-state index contributed by atoms with van der Waals surface area (Å²) in [4.78, 5) is 37.6. The van der Waals surface area contributed by atoms with Crippen molar-refractivity contribution in [3.8, 4) is 0 Å². The molecule has 1 atom stereocenters. The quantitative estimate of drug-likeness (QED) is 0.754. The third-order valence-electron chi connectivity index (χ3n) is 4.99. The van der Waals surface area contributed by atoms with E-state index in [-0.39, 0.29) is 17.7 Å². The minimum atomic E-state index is -0.156. The van der Waals surface area contributed by atoms with Crippen LogP contribution < -0.4 is 0 Å². The molecule has 1 unspecified atom stereocenters. The Balaban J connectivity index is 1.41. The molecule has 1 aromatic carbocycles. The molecule has 27 heavy (non-hydrogen) atoms. The van der Waals surface area contributed by atoms with Crippen molar-refractivity contribution in [2.24, 2.45) is 5.92 Å². The summed E-state index contributed by atoms with van der Waals surface area (Å²) < 4.78 is 0. The second kappa shape index (κ2) is 7.52. The summed E-state index contributed by atoms with van der Waals surface area (Å²) in [6, 6.07) is 11.6. The van der Waals surface area contributed by atoms with Crippen LogP contribution in [0.5, 0.6) is 0 Å². The molecule has 3 heterocycles. The van der Waals surface area contributed by atoms with Crippen molar-refractivity contribution in [1.29, 1.82) is 0 Å². The molecule has 140 valence electrons. The highest BCUT2D eigenvalue weighted by Gasteiger charge is 2.31. The second-order valence-electron chi connectivity index (χ2n) is 6.96. The van der Waals surface area contributed by atoms with Crippen LogP contribution in [0.2, 0.25) is 0 Å². The number of fused-ring (bicyclic) bond motifs is 1. The van der Waals surface area contributed by atoms with Crippen molar-refractivity contribution in [1.82, 2.24) is 19.8 Å². The van der Waals surface area contributed by atoms with Gasteiger partial charge in [0.2, 0.25) is 5.91 Å². The molecule has 4 rings (SSSR count). The topological polar surface area (TPSA) is 69.3 Å². The van der Waals surface area contributed by atoms with Gasteiger partial charge in [-0.2, -0.15) is 0 Å². The van der Waals surface area contributed by atoms with E-state index in [2.05, 4.69) is 9.97 Å². The summed E-state index contributed by atoms with van der Waals surface area (Å²) in [5.41, 5.74) is 1.87. The van der Waals surface area contributed by atoms with Gasteiger partial charge in [-0.3, -0.25) is 9.59 Å². The number of H-pyrrole nitrogens is 1. The molecule has 0 spiro atoms. The van der Waals surface area contributed by atoms with Gasteiger partial charge >= 0.3 is 0 Å². The summed E-state index contributed by atoms with van der Waals surface area (Å²) in [5.74, 6) is 0.716. The number of nitrogens with zero attached hydrogens (tertiary/aromatic N) is 3. The fourth-order valence-corrected chi connectivity index (χ4v) is 4.30. The van der Waals surface area contributed by atoms with Crippen LogP contribution in [0, 0.1) is 5.92 Å². The summed E-state index contributed by atoms with van der Waals surface area (Å²) in [6.45, 7) is 1.64. The molecule has 2 amide bonds. The lowest BCUT2D eigenvalue weighted by molar-refractivity contribution is -0.136. The molecule has 2 aromatic heterocycles. The van der Waals surface area contributed by atoms with Gasteiger partial charge in [-0.25, -0.2) is 4.98 Å². The third kappa shape index (κ3) is 3.73. The number of rotatable bonds is 4. The maximum absolute atomic E-state index is 12.9. The van der Waals surface area contributed by atoms with Crippen LogP contribution in [0.4, 0.5) is 0 Å². The van der Waals surface area contributed by atoms with Gasteiger partial charge in [-0.05, 0) is 36.4 Å². The van der Waals surface area contributed by atoms with Gasteiger partial charge in [-0.15, -0.1) is 11.3 Å². The van der Waals surface area contributed by atoms with Gasteiger partial charge in [-0.1, -0.05) is 18.2 Å².